The van der Waals surface area contributed by atoms with Gasteiger partial charge < -0.3 is 28.4 Å². The molecule has 5 atom stereocenters. The van der Waals surface area contributed by atoms with Gasteiger partial charge in [0.1, 0.15) is 25.0 Å². The molecular weight excluding hydrogens is 409 g/mol. The zero-order valence-electron chi connectivity index (χ0n) is 12.3. The van der Waals surface area contributed by atoms with Crippen molar-refractivity contribution >= 4 is 52.8 Å². The molecule has 1 aromatic heterocycles. The Balaban J connectivity index is 0.00000169. The molecule has 0 amide bonds. The molecular formula is C12H10Cl2N2NaO5PS. The van der Waals surface area contributed by atoms with Crippen molar-refractivity contribution in [3.05, 3.63) is 28.5 Å². The summed E-state index contributed by atoms with van der Waals surface area (Å²) in [6.07, 6.45) is -1.75. The van der Waals surface area contributed by atoms with E-state index < -0.39 is 31.3 Å². The minimum Gasteiger partial charge on any atom is -0.780 e. The van der Waals surface area contributed by atoms with E-state index in [0.717, 1.165) is 0 Å². The van der Waals surface area contributed by atoms with E-state index in [-0.39, 0.29) is 36.2 Å². The quantitative estimate of drug-likeness (QED) is 0.450. The maximum atomic E-state index is 11.8. The third-order valence-corrected chi connectivity index (χ3v) is 6.11. The molecule has 24 heavy (non-hydrogen) atoms. The van der Waals surface area contributed by atoms with Crippen LogP contribution in [0.2, 0.25) is 10.0 Å². The number of rotatable bonds is 1. The van der Waals surface area contributed by atoms with Crippen molar-refractivity contribution in [2.24, 2.45) is 0 Å². The Hall–Kier alpha value is 0.720. The summed E-state index contributed by atoms with van der Waals surface area (Å²) in [6.45, 7) is -3.58. The molecule has 7 nitrogen and oxygen atoms in total. The maximum Gasteiger partial charge on any atom is 1.00 e. The number of hydrogen-bond acceptors (Lipinski definition) is 7. The Morgan fingerprint density at radius 3 is 2.83 bits per heavy atom. The summed E-state index contributed by atoms with van der Waals surface area (Å²) < 4.78 is 17.5. The van der Waals surface area contributed by atoms with Gasteiger partial charge in [0.2, 0.25) is 0 Å². The number of aliphatic hydroxyl groups excluding tert-OH is 1. The number of benzene rings is 1. The summed E-state index contributed by atoms with van der Waals surface area (Å²) in [4.78, 5) is 16.0. The zero-order chi connectivity index (χ0) is 16.4. The zero-order valence-corrected chi connectivity index (χ0v) is 17.6. The fraction of sp³-hybridized carbons (Fsp3) is 0.417. The van der Waals surface area contributed by atoms with Crippen molar-refractivity contribution in [2.75, 3.05) is 6.61 Å². The van der Waals surface area contributed by atoms with Gasteiger partial charge in [-0.15, -0.1) is 0 Å². The third-order valence-electron chi connectivity index (χ3n) is 3.85. The van der Waals surface area contributed by atoms with Gasteiger partial charge in [0.15, 0.2) is 6.23 Å². The second-order valence-electron chi connectivity index (χ2n) is 5.28. The van der Waals surface area contributed by atoms with Gasteiger partial charge in [0.25, 0.3) is 0 Å². The number of aliphatic hydroxyl groups is 1. The van der Waals surface area contributed by atoms with E-state index >= 15 is 0 Å². The average Bonchev–Trinajstić information content (AvgIpc) is 3.01. The summed E-state index contributed by atoms with van der Waals surface area (Å²) in [7, 11) is 0. The van der Waals surface area contributed by atoms with Crippen molar-refractivity contribution in [1.29, 1.82) is 0 Å². The molecule has 12 heteroatoms. The Bertz CT molecular complexity index is 839. The first-order chi connectivity index (χ1) is 10.9. The summed E-state index contributed by atoms with van der Waals surface area (Å²) in [5.74, 6) is 0. The Morgan fingerprint density at radius 2 is 2.08 bits per heavy atom. The number of imidazole rings is 1. The van der Waals surface area contributed by atoms with Gasteiger partial charge in [-0.2, -0.15) is 0 Å². The predicted molar refractivity (Wildman–Crippen MR) is 84.8 cm³/mol. The Labute approximate surface area is 174 Å². The van der Waals surface area contributed by atoms with Crippen molar-refractivity contribution in [3.8, 4) is 0 Å². The topological polar surface area (TPSA) is 88.8 Å². The summed E-state index contributed by atoms with van der Waals surface area (Å²) in [6, 6.07) is 3.26. The Kier molecular flexibility index (Phi) is 5.71. The van der Waals surface area contributed by atoms with Crippen LogP contribution in [0.25, 0.3) is 11.0 Å². The average molecular weight is 419 g/mol. The molecule has 2 aliphatic heterocycles. The van der Waals surface area contributed by atoms with E-state index in [1.165, 1.54) is 6.33 Å². The van der Waals surface area contributed by atoms with Crippen LogP contribution < -0.4 is 34.5 Å². The first-order valence-electron chi connectivity index (χ1n) is 6.65. The predicted octanol–water partition coefficient (Wildman–Crippen LogP) is -1.39. The molecule has 2 fully saturated rings. The van der Waals surface area contributed by atoms with Gasteiger partial charge in [-0.25, -0.2) is 4.98 Å². The van der Waals surface area contributed by atoms with E-state index in [1.54, 1.807) is 16.7 Å². The van der Waals surface area contributed by atoms with Crippen LogP contribution >= 0.6 is 29.9 Å². The van der Waals surface area contributed by atoms with Crippen molar-refractivity contribution in [1.82, 2.24) is 9.55 Å². The molecule has 1 N–H and O–H groups in total. The van der Waals surface area contributed by atoms with Gasteiger partial charge in [0.05, 0.1) is 34.0 Å². The van der Waals surface area contributed by atoms with Crippen molar-refractivity contribution in [2.45, 2.75) is 24.5 Å². The molecule has 0 spiro atoms. The second-order valence-corrected chi connectivity index (χ2v) is 8.80. The van der Waals surface area contributed by atoms with Gasteiger partial charge in [-0.3, -0.25) is 0 Å². The molecule has 0 aliphatic carbocycles. The summed E-state index contributed by atoms with van der Waals surface area (Å²) >= 11 is 16.7. The SMILES string of the molecule is [Na+].[O-]P1(=S)OCC2O[C@@H](n3cnc4cc(Cl)c(Cl)cc43)[C@@H](O)C2O1. The minimum atomic E-state index is -3.58. The summed E-state index contributed by atoms with van der Waals surface area (Å²) in [5.41, 5.74) is 1.25. The number of ether oxygens (including phenoxy) is 1. The van der Waals surface area contributed by atoms with Crippen LogP contribution in [0.5, 0.6) is 0 Å². The van der Waals surface area contributed by atoms with Crippen LogP contribution in [0, 0.1) is 0 Å². The van der Waals surface area contributed by atoms with Crippen LogP contribution in [0.4, 0.5) is 0 Å². The van der Waals surface area contributed by atoms with Crippen LogP contribution in [0.15, 0.2) is 18.5 Å². The fourth-order valence-electron chi connectivity index (χ4n) is 2.78. The second kappa shape index (κ2) is 7.03. The first kappa shape index (κ1) is 19.5. The number of nitrogens with zero attached hydrogens (tertiary/aromatic N) is 2. The maximum absolute atomic E-state index is 11.8. The van der Waals surface area contributed by atoms with Gasteiger partial charge in [-0.05, 0) is 12.1 Å². The normalized spacial score (nSPS) is 35.7. The van der Waals surface area contributed by atoms with E-state index in [2.05, 4.69) is 4.98 Å². The number of halogens is 2. The van der Waals surface area contributed by atoms with Crippen LogP contribution in [-0.2, 0) is 25.6 Å². The minimum absolute atomic E-state index is 0. The molecule has 124 valence electrons. The van der Waals surface area contributed by atoms with Crippen LogP contribution in [0.1, 0.15) is 6.23 Å². The molecule has 2 aliphatic rings. The summed E-state index contributed by atoms with van der Waals surface area (Å²) in [5, 5.41) is 11.2. The monoisotopic (exact) mass is 418 g/mol. The number of fused-ring (bicyclic) bond motifs is 2. The van der Waals surface area contributed by atoms with E-state index in [9.17, 15) is 10.00 Å². The number of aromatic nitrogens is 2. The number of hydrogen-bond donors (Lipinski definition) is 1. The standard InChI is InChI=1S/C12H11Cl2N2O5PS.Na/c13-5-1-7-8(2-6(5)14)16(4-15-7)12-10(17)11-9(20-12)3-19-22(18,23)21-11;/h1-2,4,9-12,17H,3H2,(H,18,23);/q;+1/p-1/t9?,10-,11?,12+,22?;/m0./s1. The van der Waals surface area contributed by atoms with E-state index in [0.29, 0.717) is 21.1 Å². The molecule has 3 heterocycles. The Morgan fingerprint density at radius 1 is 1.38 bits per heavy atom. The molecule has 0 bridgehead atoms. The molecule has 2 aromatic rings. The van der Waals surface area contributed by atoms with E-state index in [4.69, 9.17) is 48.8 Å². The molecule has 0 saturated carbocycles. The van der Waals surface area contributed by atoms with Gasteiger partial charge in [0, 0.05) is 0 Å². The third kappa shape index (κ3) is 3.33. The molecule has 1 aromatic carbocycles. The van der Waals surface area contributed by atoms with Crippen LogP contribution in [0.3, 0.4) is 0 Å². The van der Waals surface area contributed by atoms with E-state index in [1.807, 2.05) is 0 Å². The molecule has 4 rings (SSSR count). The molecule has 3 unspecified atom stereocenters. The van der Waals surface area contributed by atoms with Crippen molar-refractivity contribution in [3.63, 3.8) is 0 Å². The fourth-order valence-corrected chi connectivity index (χ4v) is 4.53. The van der Waals surface area contributed by atoms with Gasteiger partial charge in [-0.1, -0.05) is 35.0 Å². The van der Waals surface area contributed by atoms with Crippen molar-refractivity contribution < 1.29 is 53.3 Å². The molecule has 2 saturated heterocycles. The first-order valence-corrected chi connectivity index (χ1v) is 9.96. The largest absolute Gasteiger partial charge is 1.00 e. The van der Waals surface area contributed by atoms with Gasteiger partial charge >= 0.3 is 29.6 Å². The molecule has 0 radical (unpaired) electrons. The smallest absolute Gasteiger partial charge is 0.780 e. The van der Waals surface area contributed by atoms with Crippen LogP contribution in [-0.4, -0.2) is 39.6 Å².